The minimum Gasteiger partial charge on any atom is -0.598 e. The normalized spacial score (nSPS) is 19.8. The Morgan fingerprint density at radius 3 is 2.27 bits per heavy atom. The van der Waals surface area contributed by atoms with Crippen molar-refractivity contribution in [3.8, 4) is 0 Å². The Morgan fingerprint density at radius 1 is 1.11 bits per heavy atom. The first-order chi connectivity index (χ1) is 20.2. The van der Waals surface area contributed by atoms with Crippen LogP contribution in [0.5, 0.6) is 0 Å². The fourth-order valence-corrected chi connectivity index (χ4v) is 9.25. The highest BCUT2D eigenvalue weighted by molar-refractivity contribution is 14.1. The van der Waals surface area contributed by atoms with Gasteiger partial charge in [-0.25, -0.2) is 19.7 Å². The van der Waals surface area contributed by atoms with Gasteiger partial charge < -0.3 is 14.6 Å². The van der Waals surface area contributed by atoms with Crippen LogP contribution in [0.1, 0.15) is 106 Å². The smallest absolute Gasteiger partial charge is 0.410 e. The van der Waals surface area contributed by atoms with Gasteiger partial charge in [-0.15, -0.1) is 4.72 Å². The third-order valence-corrected chi connectivity index (χ3v) is 12.8. The molecule has 1 spiro atoms. The lowest BCUT2D eigenvalue weighted by molar-refractivity contribution is 0.186. The second kappa shape index (κ2) is 13.2. The fraction of sp³-hybridized carbons (Fsp3) is 0.677. The van der Waals surface area contributed by atoms with E-state index in [2.05, 4.69) is 79.1 Å². The van der Waals surface area contributed by atoms with Crippen LogP contribution >= 0.6 is 46.0 Å². The molecule has 44 heavy (non-hydrogen) atoms. The second-order valence-corrected chi connectivity index (χ2v) is 19.4. The summed E-state index contributed by atoms with van der Waals surface area (Å²) >= 11 is 9.43. The summed E-state index contributed by atoms with van der Waals surface area (Å²) in [6.45, 7) is 20.3. The molecule has 9 nitrogen and oxygen atoms in total. The quantitative estimate of drug-likeness (QED) is 0.197. The Kier molecular flexibility index (Phi) is 10.7. The van der Waals surface area contributed by atoms with Crippen molar-refractivity contribution in [3.63, 3.8) is 0 Å². The van der Waals surface area contributed by atoms with E-state index < -0.39 is 17.5 Å². The average molecular weight is 777 g/mol. The van der Waals surface area contributed by atoms with Gasteiger partial charge in [0.05, 0.1) is 23.0 Å². The van der Waals surface area contributed by atoms with Gasteiger partial charge in [0.1, 0.15) is 19.3 Å². The minimum absolute atomic E-state index is 0.118. The lowest BCUT2D eigenvalue weighted by Gasteiger charge is -2.44. The van der Waals surface area contributed by atoms with E-state index in [4.69, 9.17) is 26.6 Å². The molecule has 3 heterocycles. The zero-order chi connectivity index (χ0) is 32.8. The van der Waals surface area contributed by atoms with Crippen molar-refractivity contribution >= 4 is 75.0 Å². The van der Waals surface area contributed by atoms with Crippen LogP contribution in [-0.4, -0.2) is 54.6 Å². The van der Waals surface area contributed by atoms with Crippen LogP contribution in [0.25, 0.3) is 0 Å². The first-order valence-corrected chi connectivity index (χ1v) is 18.5. The predicted octanol–water partition coefficient (Wildman–Crippen LogP) is 8.16. The largest absolute Gasteiger partial charge is 0.598 e. The number of piperidine rings is 1. The molecule has 1 amide bonds. The van der Waals surface area contributed by atoms with Crippen molar-refractivity contribution < 1.29 is 14.5 Å². The van der Waals surface area contributed by atoms with Gasteiger partial charge in [0, 0.05) is 34.8 Å². The maximum Gasteiger partial charge on any atom is 0.410 e. The van der Waals surface area contributed by atoms with E-state index >= 15 is 0 Å². The van der Waals surface area contributed by atoms with E-state index in [1.165, 1.54) is 11.8 Å². The van der Waals surface area contributed by atoms with Crippen LogP contribution in [0.3, 0.4) is 0 Å². The number of halogens is 2. The SMILES string of the molecule is CC(C)(C)c1nc(NC(=O)O)c(Cl)c(Sc2ncc(N3CCC4(CCC[C@H]4N[S+]([O-])C(C)(C)C)CC3)nc2I)c1C(C)(C)C. The molecule has 0 aromatic carbocycles. The lowest BCUT2D eigenvalue weighted by Crippen LogP contribution is -2.53. The van der Waals surface area contributed by atoms with Gasteiger partial charge >= 0.3 is 6.09 Å². The highest BCUT2D eigenvalue weighted by Gasteiger charge is 2.48. The number of carbonyl (C=O) groups is 1. The summed E-state index contributed by atoms with van der Waals surface area (Å²) in [4.78, 5) is 29.2. The van der Waals surface area contributed by atoms with E-state index in [-0.39, 0.29) is 37.9 Å². The van der Waals surface area contributed by atoms with Crippen molar-refractivity contribution in [2.75, 3.05) is 23.3 Å². The summed E-state index contributed by atoms with van der Waals surface area (Å²) in [6, 6.07) is 0.273. The van der Waals surface area contributed by atoms with Crippen molar-refractivity contribution in [1.82, 2.24) is 19.7 Å². The Labute approximate surface area is 288 Å². The van der Waals surface area contributed by atoms with E-state index in [1.807, 2.05) is 27.0 Å². The molecule has 0 bridgehead atoms. The predicted molar refractivity (Wildman–Crippen MR) is 190 cm³/mol. The van der Waals surface area contributed by atoms with E-state index in [9.17, 15) is 14.5 Å². The highest BCUT2D eigenvalue weighted by atomic mass is 127. The number of rotatable bonds is 6. The van der Waals surface area contributed by atoms with Gasteiger partial charge in [-0.05, 0) is 85.4 Å². The van der Waals surface area contributed by atoms with Gasteiger partial charge in [0.25, 0.3) is 0 Å². The molecule has 2 fully saturated rings. The third-order valence-electron chi connectivity index (χ3n) is 8.46. The maximum absolute atomic E-state index is 12.9. The number of aromatic nitrogens is 3. The Morgan fingerprint density at radius 2 is 1.75 bits per heavy atom. The van der Waals surface area contributed by atoms with Gasteiger partial charge in [0.15, 0.2) is 5.82 Å². The number of carboxylic acid groups (broad SMARTS) is 1. The van der Waals surface area contributed by atoms with E-state index in [1.54, 1.807) is 0 Å². The first kappa shape index (κ1) is 35.8. The molecule has 3 N–H and O–H groups in total. The molecular weight excluding hydrogens is 731 g/mol. The molecular formula is C31H46ClIN6O3S2. The molecule has 2 atom stereocenters. The Bertz CT molecular complexity index is 1380. The van der Waals surface area contributed by atoms with E-state index in [0.717, 1.165) is 70.9 Å². The van der Waals surface area contributed by atoms with Gasteiger partial charge in [-0.1, -0.05) is 71.3 Å². The summed E-state index contributed by atoms with van der Waals surface area (Å²) in [5.41, 5.74) is 1.24. The molecule has 2 aromatic rings. The number of pyridine rings is 1. The third kappa shape index (κ3) is 7.90. The minimum atomic E-state index is -1.22. The molecule has 1 aliphatic carbocycles. The number of amides is 1. The summed E-state index contributed by atoms with van der Waals surface area (Å²) in [7, 11) is 0. The monoisotopic (exact) mass is 776 g/mol. The Balaban J connectivity index is 1.59. The fourth-order valence-electron chi connectivity index (χ4n) is 6.13. The maximum atomic E-state index is 12.9. The van der Waals surface area contributed by atoms with Crippen molar-refractivity contribution in [2.24, 2.45) is 5.41 Å². The van der Waals surface area contributed by atoms with Gasteiger partial charge in [-0.3, -0.25) is 5.32 Å². The zero-order valence-corrected chi connectivity index (χ0v) is 31.8. The second-order valence-electron chi connectivity index (χ2n) is 15.0. The van der Waals surface area contributed by atoms with Crippen LogP contribution < -0.4 is 14.9 Å². The van der Waals surface area contributed by atoms with Crippen LogP contribution in [0, 0.1) is 9.12 Å². The highest BCUT2D eigenvalue weighted by Crippen LogP contribution is 2.49. The number of anilines is 2. The molecule has 0 radical (unpaired) electrons. The van der Waals surface area contributed by atoms with Crippen molar-refractivity contribution in [1.29, 1.82) is 0 Å². The van der Waals surface area contributed by atoms with Crippen LogP contribution in [-0.2, 0) is 22.2 Å². The summed E-state index contributed by atoms with van der Waals surface area (Å²) in [6.07, 6.45) is 6.06. The summed E-state index contributed by atoms with van der Waals surface area (Å²) in [5, 5.41) is 12.8. The molecule has 1 aliphatic heterocycles. The van der Waals surface area contributed by atoms with Gasteiger partial charge in [0.2, 0.25) is 0 Å². The van der Waals surface area contributed by atoms with Gasteiger partial charge in [-0.2, -0.15) is 0 Å². The average Bonchev–Trinajstić information content (AvgIpc) is 3.26. The molecule has 13 heteroatoms. The van der Waals surface area contributed by atoms with Crippen LogP contribution in [0.15, 0.2) is 16.1 Å². The van der Waals surface area contributed by atoms with Crippen molar-refractivity contribution in [3.05, 3.63) is 26.2 Å². The summed E-state index contributed by atoms with van der Waals surface area (Å²) in [5.74, 6) is 0.960. The molecule has 244 valence electrons. The molecule has 2 aliphatic rings. The number of hydrogen-bond acceptors (Lipinski definition) is 8. The Hall–Kier alpha value is -1.06. The molecule has 2 aromatic heterocycles. The number of nitrogens with one attached hydrogen (secondary N) is 2. The lowest BCUT2D eigenvalue weighted by atomic mass is 9.74. The summed E-state index contributed by atoms with van der Waals surface area (Å²) < 4.78 is 16.8. The standard InChI is InChI=1S/C31H46ClIN6O3S2/c1-28(2,3)20-22(21(32)25(37-27(40)41)36-23(20)29(4,5)6)43-26-24(33)35-19(17-34-26)39-15-13-31(14-16-39)12-10-11-18(31)38-44(42)30(7,8)9/h17-18,38H,10-16H2,1-9H3,(H,36,37)(H,40,41)/t18-,44?/m1/s1. The van der Waals surface area contributed by atoms with Crippen LogP contribution in [0.2, 0.25) is 5.02 Å². The zero-order valence-electron chi connectivity index (χ0n) is 27.2. The molecule has 1 unspecified atom stereocenters. The molecule has 4 rings (SSSR count). The van der Waals surface area contributed by atoms with Crippen LogP contribution in [0.4, 0.5) is 16.4 Å². The molecule has 1 saturated heterocycles. The van der Waals surface area contributed by atoms with Crippen molar-refractivity contribution in [2.45, 2.75) is 126 Å². The topological polar surface area (TPSA) is 126 Å². The first-order valence-electron chi connectivity index (χ1n) is 15.1. The van der Waals surface area contributed by atoms with E-state index in [0.29, 0.717) is 5.03 Å². The molecule has 1 saturated carbocycles. The number of nitrogens with zero attached hydrogens (tertiary/aromatic N) is 4. The number of hydrogen-bond donors (Lipinski definition) is 3.